The second kappa shape index (κ2) is 12.0. The van der Waals surface area contributed by atoms with Gasteiger partial charge in [0.05, 0.1) is 17.9 Å². The first-order valence-electron chi connectivity index (χ1n) is 12.0. The third-order valence-corrected chi connectivity index (χ3v) is 6.32. The Morgan fingerprint density at radius 3 is 1.81 bits per heavy atom. The number of hydrogen-bond acceptors (Lipinski definition) is 4. The lowest BCUT2D eigenvalue weighted by Gasteiger charge is -2.24. The molecule has 0 bridgehead atoms. The molecule has 1 saturated heterocycles. The fraction of sp³-hybridized carbons (Fsp3) is 0.233. The zero-order valence-corrected chi connectivity index (χ0v) is 19.9. The Balaban J connectivity index is 1.58. The van der Waals surface area contributed by atoms with Crippen molar-refractivity contribution in [1.82, 2.24) is 4.90 Å². The molecule has 1 fully saturated rings. The number of carboxylic acids is 1. The van der Waals surface area contributed by atoms with E-state index in [4.69, 9.17) is 4.74 Å². The molecule has 3 unspecified atom stereocenters. The van der Waals surface area contributed by atoms with E-state index in [9.17, 15) is 19.5 Å². The fourth-order valence-electron chi connectivity index (χ4n) is 4.43. The Morgan fingerprint density at radius 1 is 0.806 bits per heavy atom. The van der Waals surface area contributed by atoms with E-state index in [1.807, 2.05) is 91.0 Å². The topological polar surface area (TPSA) is 83.9 Å². The van der Waals surface area contributed by atoms with Gasteiger partial charge >= 0.3 is 12.1 Å². The van der Waals surface area contributed by atoms with Gasteiger partial charge in [-0.2, -0.15) is 0 Å². The third-order valence-electron chi connectivity index (χ3n) is 6.32. The maximum atomic E-state index is 13.7. The molecule has 0 saturated carbocycles. The van der Waals surface area contributed by atoms with Crippen LogP contribution in [-0.2, 0) is 33.6 Å². The van der Waals surface area contributed by atoms with Crippen molar-refractivity contribution in [2.45, 2.75) is 25.3 Å². The summed E-state index contributed by atoms with van der Waals surface area (Å²) in [6.45, 7) is 0.132. The number of nitrogens with zero attached hydrogens (tertiary/aromatic N) is 1. The number of ether oxygens (including phenoxy) is 1. The van der Waals surface area contributed by atoms with Crippen molar-refractivity contribution in [3.63, 3.8) is 0 Å². The maximum Gasteiger partial charge on any atom is 0.417 e. The van der Waals surface area contributed by atoms with Crippen LogP contribution in [0.5, 0.6) is 0 Å². The van der Waals surface area contributed by atoms with Gasteiger partial charge < -0.3 is 9.84 Å². The van der Waals surface area contributed by atoms with Gasteiger partial charge in [0, 0.05) is 0 Å². The van der Waals surface area contributed by atoms with E-state index in [-0.39, 0.29) is 12.5 Å². The number of aliphatic carboxylic acids is 1. The molecular weight excluding hydrogens is 454 g/mol. The van der Waals surface area contributed by atoms with E-state index >= 15 is 0 Å². The zero-order valence-electron chi connectivity index (χ0n) is 19.9. The summed E-state index contributed by atoms with van der Waals surface area (Å²) in [6.07, 6.45) is 3.70. The van der Waals surface area contributed by atoms with Crippen LogP contribution in [-0.4, -0.2) is 40.6 Å². The second-order valence-electron chi connectivity index (χ2n) is 8.94. The summed E-state index contributed by atoms with van der Waals surface area (Å²) in [6, 6.07) is 28.1. The highest BCUT2D eigenvalue weighted by atomic mass is 16.6. The number of hydrogen-bond donors (Lipinski definition) is 1. The molecule has 0 aromatic heterocycles. The minimum absolute atomic E-state index is 0.132. The van der Waals surface area contributed by atoms with Gasteiger partial charge in [-0.25, -0.2) is 9.69 Å². The van der Waals surface area contributed by atoms with Crippen LogP contribution < -0.4 is 0 Å². The fourth-order valence-corrected chi connectivity index (χ4v) is 4.43. The quantitative estimate of drug-likeness (QED) is 0.413. The van der Waals surface area contributed by atoms with Crippen LogP contribution in [0.1, 0.15) is 16.7 Å². The highest BCUT2D eigenvalue weighted by Crippen LogP contribution is 2.23. The summed E-state index contributed by atoms with van der Waals surface area (Å²) in [7, 11) is 0. The van der Waals surface area contributed by atoms with Gasteiger partial charge in [-0.15, -0.1) is 0 Å². The minimum Gasteiger partial charge on any atom is -0.481 e. The van der Waals surface area contributed by atoms with Gasteiger partial charge in [-0.05, 0) is 36.0 Å². The van der Waals surface area contributed by atoms with Gasteiger partial charge in [0.25, 0.3) is 0 Å². The Morgan fingerprint density at radius 2 is 1.28 bits per heavy atom. The molecule has 1 heterocycles. The first-order chi connectivity index (χ1) is 17.5. The van der Waals surface area contributed by atoms with Crippen molar-refractivity contribution in [1.29, 1.82) is 0 Å². The van der Waals surface area contributed by atoms with E-state index in [1.54, 1.807) is 12.2 Å². The van der Waals surface area contributed by atoms with Crippen molar-refractivity contribution in [2.75, 3.05) is 6.61 Å². The van der Waals surface area contributed by atoms with Crippen molar-refractivity contribution < 1.29 is 24.2 Å². The lowest BCUT2D eigenvalue weighted by molar-refractivity contribution is -0.140. The largest absolute Gasteiger partial charge is 0.481 e. The van der Waals surface area contributed by atoms with Crippen molar-refractivity contribution in [3.8, 4) is 0 Å². The summed E-state index contributed by atoms with van der Waals surface area (Å²) in [5.74, 6) is -2.87. The molecule has 0 aliphatic carbocycles. The smallest absolute Gasteiger partial charge is 0.417 e. The van der Waals surface area contributed by atoms with Crippen LogP contribution in [0.3, 0.4) is 0 Å². The van der Waals surface area contributed by atoms with E-state index in [0.29, 0.717) is 19.3 Å². The molecule has 3 aromatic rings. The summed E-state index contributed by atoms with van der Waals surface area (Å²) in [5.41, 5.74) is 2.82. The number of rotatable bonds is 10. The van der Waals surface area contributed by atoms with Gasteiger partial charge in [0.2, 0.25) is 5.91 Å². The first kappa shape index (κ1) is 24.9. The zero-order chi connectivity index (χ0) is 25.3. The molecule has 1 aliphatic rings. The molecule has 3 aromatic carbocycles. The van der Waals surface area contributed by atoms with E-state index < -0.39 is 29.9 Å². The van der Waals surface area contributed by atoms with Gasteiger partial charge in [0.15, 0.2) is 0 Å². The monoisotopic (exact) mass is 483 g/mol. The Bertz CT molecular complexity index is 1190. The Kier molecular flexibility index (Phi) is 8.29. The summed E-state index contributed by atoms with van der Waals surface area (Å²) in [5, 5.41) is 9.81. The molecule has 4 rings (SSSR count). The molecule has 3 atom stereocenters. The normalized spacial score (nSPS) is 17.1. The van der Waals surface area contributed by atoms with Crippen molar-refractivity contribution in [2.24, 2.45) is 11.8 Å². The number of carbonyl (C=O) groups excluding carboxylic acids is 2. The molecule has 1 N–H and O–H groups in total. The lowest BCUT2D eigenvalue weighted by Crippen LogP contribution is -2.43. The predicted molar refractivity (Wildman–Crippen MR) is 136 cm³/mol. The molecule has 6 heteroatoms. The lowest BCUT2D eigenvalue weighted by atomic mass is 9.93. The SMILES string of the molecule is O=C(O)C(C=CC(Cc1ccccc1)C(=O)N1C(=O)OCC1Cc1ccccc1)Cc1ccccc1. The predicted octanol–water partition coefficient (Wildman–Crippen LogP) is 4.94. The van der Waals surface area contributed by atoms with Crippen LogP contribution in [0.4, 0.5) is 4.79 Å². The van der Waals surface area contributed by atoms with E-state index in [2.05, 4.69) is 0 Å². The van der Waals surface area contributed by atoms with Crippen molar-refractivity contribution in [3.05, 3.63) is 120 Å². The number of benzene rings is 3. The number of amides is 2. The minimum atomic E-state index is -0.969. The van der Waals surface area contributed by atoms with Crippen LogP contribution in [0.25, 0.3) is 0 Å². The van der Waals surface area contributed by atoms with Gasteiger partial charge in [0.1, 0.15) is 6.61 Å². The molecular formula is C30H29NO5. The maximum absolute atomic E-state index is 13.7. The van der Waals surface area contributed by atoms with Gasteiger partial charge in [-0.3, -0.25) is 9.59 Å². The average Bonchev–Trinajstić information content (AvgIpc) is 3.26. The number of carboxylic acid groups (broad SMARTS) is 1. The van der Waals surface area contributed by atoms with E-state index in [1.165, 1.54) is 4.90 Å². The van der Waals surface area contributed by atoms with Crippen LogP contribution >= 0.6 is 0 Å². The molecule has 2 amide bonds. The molecule has 0 spiro atoms. The third kappa shape index (κ3) is 6.48. The molecule has 0 radical (unpaired) electrons. The molecule has 36 heavy (non-hydrogen) atoms. The van der Waals surface area contributed by atoms with Crippen molar-refractivity contribution >= 4 is 18.0 Å². The molecule has 6 nitrogen and oxygen atoms in total. The Hall–Kier alpha value is -4.19. The number of imide groups is 1. The molecule has 184 valence electrons. The second-order valence-corrected chi connectivity index (χ2v) is 8.94. The Labute approximate surface area is 210 Å². The highest BCUT2D eigenvalue weighted by Gasteiger charge is 2.40. The summed E-state index contributed by atoms with van der Waals surface area (Å²) < 4.78 is 5.26. The van der Waals surface area contributed by atoms with Crippen LogP contribution in [0.2, 0.25) is 0 Å². The number of cyclic esters (lactones) is 1. The standard InChI is InChI=1S/C30H29NO5/c32-28(31-27(21-36-30(31)35)20-24-14-8-3-9-15-24)25(18-22-10-4-1-5-11-22)16-17-26(29(33)34)19-23-12-6-2-7-13-23/h1-17,25-27H,18-21H2,(H,33,34). The first-order valence-corrected chi connectivity index (χ1v) is 12.0. The van der Waals surface area contributed by atoms with E-state index in [0.717, 1.165) is 16.7 Å². The highest BCUT2D eigenvalue weighted by molar-refractivity contribution is 5.95. The summed E-state index contributed by atoms with van der Waals surface area (Å²) >= 11 is 0. The average molecular weight is 484 g/mol. The van der Waals surface area contributed by atoms with Crippen LogP contribution in [0.15, 0.2) is 103 Å². The van der Waals surface area contributed by atoms with Gasteiger partial charge in [-0.1, -0.05) is 103 Å². The van der Waals surface area contributed by atoms with Crippen LogP contribution in [0, 0.1) is 11.8 Å². The number of carbonyl (C=O) groups is 3. The summed E-state index contributed by atoms with van der Waals surface area (Å²) in [4.78, 5) is 39.5. The molecule has 1 aliphatic heterocycles.